The third-order valence-corrected chi connectivity index (χ3v) is 5.53. The molecule has 0 saturated carbocycles. The van der Waals surface area contributed by atoms with E-state index in [4.69, 9.17) is 23.2 Å². The van der Waals surface area contributed by atoms with E-state index < -0.39 is 10.0 Å². The summed E-state index contributed by atoms with van der Waals surface area (Å²) in [6.45, 7) is 2.14. The van der Waals surface area contributed by atoms with Gasteiger partial charge in [-0.3, -0.25) is 4.79 Å². The maximum atomic E-state index is 12.1. The van der Waals surface area contributed by atoms with Gasteiger partial charge in [0.2, 0.25) is 15.9 Å². The first kappa shape index (κ1) is 19.7. The highest BCUT2D eigenvalue weighted by Gasteiger charge is 2.13. The molecular weight excluding hydrogens is 383 g/mol. The van der Waals surface area contributed by atoms with E-state index in [1.54, 1.807) is 30.3 Å². The molecule has 134 valence electrons. The fourth-order valence-electron chi connectivity index (χ4n) is 2.05. The van der Waals surface area contributed by atoms with Gasteiger partial charge in [0.15, 0.2) is 0 Å². The van der Waals surface area contributed by atoms with Crippen molar-refractivity contribution in [2.24, 2.45) is 0 Å². The molecule has 1 amide bonds. The second-order valence-electron chi connectivity index (χ2n) is 5.47. The van der Waals surface area contributed by atoms with E-state index >= 15 is 0 Å². The fourth-order valence-corrected chi connectivity index (χ4v) is 3.55. The molecule has 2 N–H and O–H groups in total. The second-order valence-corrected chi connectivity index (χ2v) is 8.08. The van der Waals surface area contributed by atoms with Gasteiger partial charge in [-0.15, -0.1) is 0 Å². The molecule has 0 radical (unpaired) electrons. The van der Waals surface area contributed by atoms with Gasteiger partial charge in [-0.25, -0.2) is 13.1 Å². The SMILES string of the molecule is Cc1ccc(S(=O)(=O)NCCC(=O)NCc2ccc(Cl)cc2Cl)cc1. The van der Waals surface area contributed by atoms with Crippen molar-refractivity contribution in [3.8, 4) is 0 Å². The lowest BCUT2D eigenvalue weighted by atomic mass is 10.2. The molecule has 0 aliphatic rings. The van der Waals surface area contributed by atoms with E-state index in [1.807, 2.05) is 6.92 Å². The molecule has 0 heterocycles. The van der Waals surface area contributed by atoms with Crippen molar-refractivity contribution in [3.05, 3.63) is 63.6 Å². The number of rotatable bonds is 7. The zero-order valence-corrected chi connectivity index (χ0v) is 15.9. The monoisotopic (exact) mass is 400 g/mol. The molecule has 0 atom stereocenters. The number of aryl methyl sites for hydroxylation is 1. The Morgan fingerprint density at radius 2 is 1.76 bits per heavy atom. The maximum absolute atomic E-state index is 12.1. The highest BCUT2D eigenvalue weighted by atomic mass is 35.5. The number of hydrogen-bond acceptors (Lipinski definition) is 3. The Balaban J connectivity index is 1.81. The van der Waals surface area contributed by atoms with Crippen LogP contribution in [0.5, 0.6) is 0 Å². The summed E-state index contributed by atoms with van der Waals surface area (Å²) in [5, 5.41) is 3.68. The van der Waals surface area contributed by atoms with Crippen LogP contribution >= 0.6 is 23.2 Å². The second kappa shape index (κ2) is 8.67. The van der Waals surface area contributed by atoms with E-state index in [2.05, 4.69) is 10.0 Å². The largest absolute Gasteiger partial charge is 0.352 e. The summed E-state index contributed by atoms with van der Waals surface area (Å²) < 4.78 is 26.6. The van der Waals surface area contributed by atoms with Gasteiger partial charge in [0.25, 0.3) is 0 Å². The van der Waals surface area contributed by atoms with Crippen molar-refractivity contribution in [1.29, 1.82) is 0 Å². The quantitative estimate of drug-likeness (QED) is 0.748. The molecule has 0 fully saturated rings. The normalized spacial score (nSPS) is 11.3. The molecule has 0 bridgehead atoms. The average Bonchev–Trinajstić information content (AvgIpc) is 2.54. The number of sulfonamides is 1. The highest BCUT2D eigenvalue weighted by molar-refractivity contribution is 7.89. The standard InChI is InChI=1S/C17H18Cl2N2O3S/c1-12-2-6-15(7-3-12)25(23,24)21-9-8-17(22)20-11-13-4-5-14(18)10-16(13)19/h2-7,10,21H,8-9,11H2,1H3,(H,20,22). The molecule has 0 unspecified atom stereocenters. The van der Waals surface area contributed by atoms with Crippen LogP contribution < -0.4 is 10.0 Å². The predicted molar refractivity (Wildman–Crippen MR) is 99.3 cm³/mol. The predicted octanol–water partition coefficient (Wildman–Crippen LogP) is 3.29. The number of carbonyl (C=O) groups is 1. The third-order valence-electron chi connectivity index (χ3n) is 3.47. The van der Waals surface area contributed by atoms with Gasteiger partial charge in [0.05, 0.1) is 4.90 Å². The fraction of sp³-hybridized carbons (Fsp3) is 0.235. The lowest BCUT2D eigenvalue weighted by Crippen LogP contribution is -2.30. The molecule has 0 aliphatic carbocycles. The summed E-state index contributed by atoms with van der Waals surface area (Å²) in [4.78, 5) is 12.0. The van der Waals surface area contributed by atoms with E-state index in [0.29, 0.717) is 10.0 Å². The minimum absolute atomic E-state index is 0.0103. The smallest absolute Gasteiger partial charge is 0.240 e. The lowest BCUT2D eigenvalue weighted by Gasteiger charge is -2.09. The highest BCUT2D eigenvalue weighted by Crippen LogP contribution is 2.20. The Bertz CT molecular complexity index is 853. The number of nitrogens with one attached hydrogen (secondary N) is 2. The number of hydrogen-bond donors (Lipinski definition) is 2. The summed E-state index contributed by atoms with van der Waals surface area (Å²) in [5.41, 5.74) is 1.71. The lowest BCUT2D eigenvalue weighted by molar-refractivity contribution is -0.121. The molecule has 25 heavy (non-hydrogen) atoms. The number of benzene rings is 2. The molecule has 0 aliphatic heterocycles. The van der Waals surface area contributed by atoms with E-state index in [1.165, 1.54) is 12.1 Å². The Labute approximate surface area is 157 Å². The first-order valence-electron chi connectivity index (χ1n) is 7.55. The van der Waals surface area contributed by atoms with Crippen LogP contribution in [0.4, 0.5) is 0 Å². The van der Waals surface area contributed by atoms with Crippen LogP contribution in [0.2, 0.25) is 10.0 Å². The molecule has 2 aromatic carbocycles. The van der Waals surface area contributed by atoms with Crippen LogP contribution in [-0.2, 0) is 21.4 Å². The Kier molecular flexibility index (Phi) is 6.84. The molecule has 0 aromatic heterocycles. The first-order valence-corrected chi connectivity index (χ1v) is 9.79. The Hall–Kier alpha value is -1.60. The Morgan fingerprint density at radius 3 is 2.40 bits per heavy atom. The van der Waals surface area contributed by atoms with Gasteiger partial charge in [-0.2, -0.15) is 0 Å². The zero-order valence-electron chi connectivity index (χ0n) is 13.6. The van der Waals surface area contributed by atoms with Gasteiger partial charge >= 0.3 is 0 Å². The minimum Gasteiger partial charge on any atom is -0.352 e. The Morgan fingerprint density at radius 1 is 1.08 bits per heavy atom. The van der Waals surface area contributed by atoms with Crippen LogP contribution in [0.15, 0.2) is 47.4 Å². The van der Waals surface area contributed by atoms with Crippen molar-refractivity contribution in [2.75, 3.05) is 6.54 Å². The summed E-state index contributed by atoms with van der Waals surface area (Å²) in [6.07, 6.45) is 0.0241. The van der Waals surface area contributed by atoms with E-state index in [0.717, 1.165) is 11.1 Å². The van der Waals surface area contributed by atoms with Crippen LogP contribution in [0, 0.1) is 6.92 Å². The average molecular weight is 401 g/mol. The molecule has 8 heteroatoms. The summed E-state index contributed by atoms with van der Waals surface area (Å²) in [5.74, 6) is -0.280. The third kappa shape index (κ3) is 6.01. The van der Waals surface area contributed by atoms with Gasteiger partial charge in [-0.1, -0.05) is 47.0 Å². The first-order chi connectivity index (χ1) is 11.8. The summed E-state index contributed by atoms with van der Waals surface area (Å²) in [6, 6.07) is 11.5. The topological polar surface area (TPSA) is 75.3 Å². The summed E-state index contributed by atoms with van der Waals surface area (Å²) in [7, 11) is -3.62. The van der Waals surface area contributed by atoms with Crippen molar-refractivity contribution >= 4 is 39.1 Å². The van der Waals surface area contributed by atoms with Gasteiger partial charge in [0, 0.05) is 29.6 Å². The van der Waals surface area contributed by atoms with Crippen LogP contribution in [0.25, 0.3) is 0 Å². The number of amides is 1. The molecular formula is C17H18Cl2N2O3S. The molecule has 0 saturated heterocycles. The van der Waals surface area contributed by atoms with Crippen molar-refractivity contribution in [2.45, 2.75) is 24.8 Å². The van der Waals surface area contributed by atoms with Gasteiger partial charge in [0.1, 0.15) is 0 Å². The van der Waals surface area contributed by atoms with Gasteiger partial charge in [-0.05, 0) is 36.8 Å². The minimum atomic E-state index is -3.62. The van der Waals surface area contributed by atoms with Crippen molar-refractivity contribution < 1.29 is 13.2 Å². The number of halogens is 2. The number of carbonyl (C=O) groups excluding carboxylic acids is 1. The summed E-state index contributed by atoms with van der Waals surface area (Å²) >= 11 is 11.8. The molecule has 2 aromatic rings. The molecule has 0 spiro atoms. The molecule has 2 rings (SSSR count). The van der Waals surface area contributed by atoms with Crippen LogP contribution in [0.3, 0.4) is 0 Å². The van der Waals surface area contributed by atoms with E-state index in [9.17, 15) is 13.2 Å². The van der Waals surface area contributed by atoms with Crippen molar-refractivity contribution in [3.63, 3.8) is 0 Å². The van der Waals surface area contributed by atoms with Crippen LogP contribution in [0.1, 0.15) is 17.5 Å². The van der Waals surface area contributed by atoms with E-state index in [-0.39, 0.29) is 30.3 Å². The van der Waals surface area contributed by atoms with Crippen LogP contribution in [-0.4, -0.2) is 20.9 Å². The zero-order chi connectivity index (χ0) is 18.4. The van der Waals surface area contributed by atoms with Gasteiger partial charge < -0.3 is 5.32 Å². The molecule has 5 nitrogen and oxygen atoms in total. The van der Waals surface area contributed by atoms with Crippen molar-refractivity contribution in [1.82, 2.24) is 10.0 Å². The maximum Gasteiger partial charge on any atom is 0.240 e.